The van der Waals surface area contributed by atoms with Crippen molar-refractivity contribution in [1.29, 1.82) is 0 Å². The zero-order valence-electron chi connectivity index (χ0n) is 27.4. The topological polar surface area (TPSA) is 96.0 Å². The lowest BCUT2D eigenvalue weighted by Crippen LogP contribution is -2.56. The molecular weight excluding hydrogens is 617 g/mol. The molecule has 0 aromatic heterocycles. The van der Waals surface area contributed by atoms with Gasteiger partial charge in [-0.3, -0.25) is 13.9 Å². The summed E-state index contributed by atoms with van der Waals surface area (Å²) in [5.74, 6) is -0.920. The summed E-state index contributed by atoms with van der Waals surface area (Å²) in [7, 11) is -4.26. The summed E-state index contributed by atoms with van der Waals surface area (Å²) in [4.78, 5) is 29.8. The molecule has 4 aromatic carbocycles. The fourth-order valence-corrected chi connectivity index (χ4v) is 6.45. The van der Waals surface area contributed by atoms with Gasteiger partial charge in [0.05, 0.1) is 17.2 Å². The predicted octanol–water partition coefficient (Wildman–Crippen LogP) is 6.28. The van der Waals surface area contributed by atoms with Crippen molar-refractivity contribution in [2.75, 3.05) is 17.5 Å². The number of hydrogen-bond donors (Lipinski definition) is 1. The largest absolute Gasteiger partial charge is 0.494 e. The Kier molecular flexibility index (Phi) is 11.4. The van der Waals surface area contributed by atoms with E-state index in [0.29, 0.717) is 23.6 Å². The van der Waals surface area contributed by atoms with Crippen LogP contribution < -0.4 is 14.4 Å². The van der Waals surface area contributed by atoms with Crippen LogP contribution in [0.3, 0.4) is 0 Å². The molecule has 47 heavy (non-hydrogen) atoms. The fraction of sp³-hybridized carbons (Fsp3) is 0.297. The van der Waals surface area contributed by atoms with E-state index >= 15 is 0 Å². The first kappa shape index (κ1) is 35.2. The number of amides is 2. The maximum Gasteiger partial charge on any atom is 0.264 e. The predicted molar refractivity (Wildman–Crippen MR) is 182 cm³/mol. The third-order valence-corrected chi connectivity index (χ3v) is 9.15. The summed E-state index contributed by atoms with van der Waals surface area (Å²) in [5.41, 5.74) is 1.99. The highest BCUT2D eigenvalue weighted by atomic mass is 32.2. The maximum atomic E-state index is 14.5. The van der Waals surface area contributed by atoms with Crippen molar-refractivity contribution in [3.8, 4) is 5.75 Å². The van der Waals surface area contributed by atoms with Crippen LogP contribution in [-0.2, 0) is 32.6 Å². The summed E-state index contributed by atoms with van der Waals surface area (Å²) < 4.78 is 48.9. The summed E-state index contributed by atoms with van der Waals surface area (Å²) >= 11 is 0. The molecule has 0 aliphatic rings. The van der Waals surface area contributed by atoms with Crippen LogP contribution in [0, 0.1) is 12.7 Å². The standard InChI is InChI=1S/C37H42FN3O5S/c1-6-46-32-20-22-33(23-21-32)47(44,45)41(31-18-12-27(2)13-19-31)26-35(42)40(25-29-14-16-30(38)17-15-29)34(36(43)39-37(3,4)5)24-28-10-8-7-9-11-28/h7-23,34H,6,24-26H2,1-5H3,(H,39,43)/t34-/m1/s1. The van der Waals surface area contributed by atoms with E-state index in [1.54, 1.807) is 48.5 Å². The van der Waals surface area contributed by atoms with Crippen molar-refractivity contribution in [2.24, 2.45) is 0 Å². The van der Waals surface area contributed by atoms with Gasteiger partial charge in [-0.15, -0.1) is 0 Å². The van der Waals surface area contributed by atoms with Gasteiger partial charge in [0.2, 0.25) is 11.8 Å². The SMILES string of the molecule is CCOc1ccc(S(=O)(=O)N(CC(=O)N(Cc2ccc(F)cc2)[C@H](Cc2ccccc2)C(=O)NC(C)(C)C)c2ccc(C)cc2)cc1. The molecule has 4 rings (SSSR count). The molecule has 0 aliphatic carbocycles. The Bertz CT molecular complexity index is 1740. The molecule has 1 N–H and O–H groups in total. The van der Waals surface area contributed by atoms with Crippen LogP contribution >= 0.6 is 0 Å². The van der Waals surface area contributed by atoms with E-state index in [2.05, 4.69) is 5.32 Å². The second kappa shape index (κ2) is 15.3. The van der Waals surface area contributed by atoms with E-state index in [1.165, 1.54) is 29.2 Å². The minimum Gasteiger partial charge on any atom is -0.494 e. The Morgan fingerprint density at radius 2 is 1.47 bits per heavy atom. The Morgan fingerprint density at radius 3 is 2.04 bits per heavy atom. The molecule has 10 heteroatoms. The van der Waals surface area contributed by atoms with Crippen LogP contribution in [0.15, 0.2) is 108 Å². The molecule has 0 fully saturated rings. The molecule has 0 unspecified atom stereocenters. The lowest BCUT2D eigenvalue weighted by Gasteiger charge is -2.35. The van der Waals surface area contributed by atoms with Crippen molar-refractivity contribution < 1.29 is 27.1 Å². The van der Waals surface area contributed by atoms with Gasteiger partial charge in [-0.2, -0.15) is 0 Å². The average molecular weight is 660 g/mol. The van der Waals surface area contributed by atoms with Gasteiger partial charge in [0, 0.05) is 18.5 Å². The van der Waals surface area contributed by atoms with Crippen molar-refractivity contribution >= 4 is 27.5 Å². The second-order valence-electron chi connectivity index (χ2n) is 12.3. The highest BCUT2D eigenvalue weighted by Crippen LogP contribution is 2.27. The van der Waals surface area contributed by atoms with Gasteiger partial charge in [0.25, 0.3) is 10.0 Å². The Morgan fingerprint density at radius 1 is 0.851 bits per heavy atom. The molecule has 0 heterocycles. The molecule has 0 spiro atoms. The Balaban J connectivity index is 1.80. The second-order valence-corrected chi connectivity index (χ2v) is 14.2. The van der Waals surface area contributed by atoms with Crippen LogP contribution in [0.5, 0.6) is 5.75 Å². The fourth-order valence-electron chi connectivity index (χ4n) is 5.03. The Hall–Kier alpha value is -4.70. The van der Waals surface area contributed by atoms with Crippen molar-refractivity contribution in [1.82, 2.24) is 10.2 Å². The van der Waals surface area contributed by atoms with Crippen molar-refractivity contribution in [3.05, 3.63) is 126 Å². The van der Waals surface area contributed by atoms with Gasteiger partial charge < -0.3 is 15.0 Å². The number of nitrogens with zero attached hydrogens (tertiary/aromatic N) is 2. The molecule has 1 atom stereocenters. The van der Waals surface area contributed by atoms with Crippen molar-refractivity contribution in [2.45, 2.75) is 64.1 Å². The van der Waals surface area contributed by atoms with E-state index in [4.69, 9.17) is 4.74 Å². The third-order valence-electron chi connectivity index (χ3n) is 7.36. The number of hydrogen-bond acceptors (Lipinski definition) is 5. The van der Waals surface area contributed by atoms with Crippen LogP contribution in [0.4, 0.5) is 10.1 Å². The monoisotopic (exact) mass is 659 g/mol. The van der Waals surface area contributed by atoms with Gasteiger partial charge in [0.1, 0.15) is 24.2 Å². The lowest BCUT2D eigenvalue weighted by atomic mass is 10.0. The summed E-state index contributed by atoms with van der Waals surface area (Å²) in [5, 5.41) is 3.00. The lowest BCUT2D eigenvalue weighted by molar-refractivity contribution is -0.140. The number of carbonyl (C=O) groups is 2. The molecule has 2 amide bonds. The van der Waals surface area contributed by atoms with Gasteiger partial charge in [0.15, 0.2) is 0 Å². The molecule has 0 aliphatic heterocycles. The number of ether oxygens (including phenoxy) is 1. The number of aryl methyl sites for hydroxylation is 1. The number of benzene rings is 4. The minimum atomic E-state index is -4.26. The first-order valence-electron chi connectivity index (χ1n) is 15.5. The van der Waals surface area contributed by atoms with E-state index in [-0.39, 0.29) is 17.9 Å². The van der Waals surface area contributed by atoms with Gasteiger partial charge >= 0.3 is 0 Å². The number of anilines is 1. The molecule has 248 valence electrons. The number of sulfonamides is 1. The van der Waals surface area contributed by atoms with E-state index in [1.807, 2.05) is 65.0 Å². The normalized spacial score (nSPS) is 12.2. The molecule has 8 nitrogen and oxygen atoms in total. The molecule has 0 bridgehead atoms. The zero-order valence-corrected chi connectivity index (χ0v) is 28.3. The first-order valence-corrected chi connectivity index (χ1v) is 16.9. The highest BCUT2D eigenvalue weighted by molar-refractivity contribution is 7.92. The first-order chi connectivity index (χ1) is 22.3. The number of nitrogens with one attached hydrogen (secondary N) is 1. The number of halogens is 1. The summed E-state index contributed by atoms with van der Waals surface area (Å²) in [6.45, 7) is 9.03. The molecular formula is C37H42FN3O5S. The van der Waals surface area contributed by atoms with E-state index in [9.17, 15) is 22.4 Å². The maximum absolute atomic E-state index is 14.5. The van der Waals surface area contributed by atoms with Gasteiger partial charge in [-0.25, -0.2) is 12.8 Å². The molecule has 0 saturated carbocycles. The number of carbonyl (C=O) groups excluding carboxylic acids is 2. The number of rotatable bonds is 13. The summed E-state index contributed by atoms with van der Waals surface area (Å²) in [6.07, 6.45) is 0.172. The van der Waals surface area contributed by atoms with Crippen LogP contribution in [0.1, 0.15) is 44.4 Å². The van der Waals surface area contributed by atoms with Gasteiger partial charge in [-0.1, -0.05) is 60.2 Å². The quantitative estimate of drug-likeness (QED) is 0.182. The van der Waals surface area contributed by atoms with Crippen LogP contribution in [0.25, 0.3) is 0 Å². The Labute approximate surface area is 277 Å². The molecule has 0 saturated heterocycles. The minimum absolute atomic E-state index is 0.0225. The van der Waals surface area contributed by atoms with Crippen LogP contribution in [-0.4, -0.2) is 49.9 Å². The molecule has 0 radical (unpaired) electrons. The van der Waals surface area contributed by atoms with Gasteiger partial charge in [-0.05, 0) is 94.3 Å². The van der Waals surface area contributed by atoms with E-state index in [0.717, 1.165) is 15.4 Å². The highest BCUT2D eigenvalue weighted by Gasteiger charge is 2.35. The third kappa shape index (κ3) is 9.65. The average Bonchev–Trinajstić information content (AvgIpc) is 3.03. The smallest absolute Gasteiger partial charge is 0.264 e. The van der Waals surface area contributed by atoms with Crippen LogP contribution in [0.2, 0.25) is 0 Å². The van der Waals surface area contributed by atoms with Crippen molar-refractivity contribution in [3.63, 3.8) is 0 Å². The zero-order chi connectivity index (χ0) is 34.2. The van der Waals surface area contributed by atoms with E-state index < -0.39 is 45.8 Å². The summed E-state index contributed by atoms with van der Waals surface area (Å²) in [6, 6.07) is 26.8. The molecule has 4 aromatic rings.